The molecule has 3 fully saturated rings. The molecule has 5 atom stereocenters. The molecular weight excluding hydrogens is 312 g/mol. The van der Waals surface area contributed by atoms with E-state index in [0.717, 1.165) is 41.8 Å². The Morgan fingerprint density at radius 3 is 2.75 bits per heavy atom. The fraction of sp³-hybridized carbons (Fsp3) is 0.684. The van der Waals surface area contributed by atoms with Crippen molar-refractivity contribution in [3.8, 4) is 11.5 Å². The SMILES string of the molecule is COc1cc(C[NH2+][C@H]2C[C@H]3C[C@@H]2[C@H]2CCC[C@H]32)ccc1OC(F)F. The molecule has 0 radical (unpaired) electrons. The number of hydrogen-bond donors (Lipinski definition) is 1. The zero-order valence-electron chi connectivity index (χ0n) is 14.1. The Morgan fingerprint density at radius 1 is 1.12 bits per heavy atom. The largest absolute Gasteiger partial charge is 0.493 e. The highest BCUT2D eigenvalue weighted by Crippen LogP contribution is 2.57. The Morgan fingerprint density at radius 2 is 1.96 bits per heavy atom. The van der Waals surface area contributed by atoms with Crippen LogP contribution in [0.5, 0.6) is 11.5 Å². The Hall–Kier alpha value is -1.36. The molecule has 1 aromatic rings. The number of hydrogen-bond acceptors (Lipinski definition) is 2. The minimum Gasteiger partial charge on any atom is -0.493 e. The molecule has 0 saturated heterocycles. The van der Waals surface area contributed by atoms with Gasteiger partial charge in [-0.1, -0.05) is 6.42 Å². The Labute approximate surface area is 141 Å². The van der Waals surface area contributed by atoms with Crippen LogP contribution in [0.3, 0.4) is 0 Å². The van der Waals surface area contributed by atoms with E-state index in [2.05, 4.69) is 10.1 Å². The van der Waals surface area contributed by atoms with E-state index in [1.165, 1.54) is 39.2 Å². The van der Waals surface area contributed by atoms with Crippen molar-refractivity contribution in [3.63, 3.8) is 0 Å². The van der Waals surface area contributed by atoms with Crippen LogP contribution in [0.4, 0.5) is 8.78 Å². The molecule has 3 aliphatic rings. The van der Waals surface area contributed by atoms with Gasteiger partial charge in [0.2, 0.25) is 0 Å². The third-order valence-corrected chi connectivity index (χ3v) is 6.58. The van der Waals surface area contributed by atoms with Crippen molar-refractivity contribution < 1.29 is 23.6 Å². The normalized spacial score (nSPS) is 33.9. The highest BCUT2D eigenvalue weighted by Gasteiger charge is 2.55. The molecule has 132 valence electrons. The average molecular weight is 338 g/mol. The number of alkyl halides is 2. The fourth-order valence-corrected chi connectivity index (χ4v) is 5.71. The van der Waals surface area contributed by atoms with Crippen molar-refractivity contribution in [1.82, 2.24) is 0 Å². The summed E-state index contributed by atoms with van der Waals surface area (Å²) in [6.45, 7) is -1.96. The van der Waals surface area contributed by atoms with E-state index in [9.17, 15) is 8.78 Å². The van der Waals surface area contributed by atoms with Crippen LogP contribution in [0.1, 0.15) is 37.7 Å². The lowest BCUT2D eigenvalue weighted by atomic mass is 9.79. The molecule has 0 heterocycles. The first-order valence-electron chi connectivity index (χ1n) is 9.10. The summed E-state index contributed by atoms with van der Waals surface area (Å²) in [5.74, 6) is 4.33. The van der Waals surface area contributed by atoms with Crippen LogP contribution in [-0.4, -0.2) is 19.8 Å². The van der Waals surface area contributed by atoms with Gasteiger partial charge >= 0.3 is 6.61 Å². The maximum Gasteiger partial charge on any atom is 0.387 e. The van der Waals surface area contributed by atoms with Gasteiger partial charge in [-0.25, -0.2) is 0 Å². The molecule has 2 N–H and O–H groups in total. The highest BCUT2D eigenvalue weighted by atomic mass is 19.3. The van der Waals surface area contributed by atoms with E-state index >= 15 is 0 Å². The van der Waals surface area contributed by atoms with E-state index in [1.54, 1.807) is 6.07 Å². The molecule has 2 bridgehead atoms. The molecule has 0 aliphatic heterocycles. The standard InChI is InChI=1S/C19H25F2NO2/c1-23-18-7-11(5-6-17(18)24-19(20)21)10-22-16-9-12-8-15(16)14-4-2-3-13(12)14/h5-7,12-16,19,22H,2-4,8-10H2,1H3/p+1/t12-,13-,14+,15-,16+/m1/s1. The zero-order valence-corrected chi connectivity index (χ0v) is 14.1. The molecule has 0 aromatic heterocycles. The maximum atomic E-state index is 12.4. The summed E-state index contributed by atoms with van der Waals surface area (Å²) in [6.07, 6.45) is 7.11. The van der Waals surface area contributed by atoms with Gasteiger partial charge in [0.25, 0.3) is 0 Å². The van der Waals surface area contributed by atoms with Crippen molar-refractivity contribution in [2.75, 3.05) is 7.11 Å². The number of quaternary nitrogens is 1. The van der Waals surface area contributed by atoms with Crippen molar-refractivity contribution >= 4 is 0 Å². The second kappa shape index (κ2) is 6.51. The van der Waals surface area contributed by atoms with Gasteiger partial charge in [0.1, 0.15) is 6.54 Å². The first kappa shape index (κ1) is 16.1. The van der Waals surface area contributed by atoms with E-state index in [0.29, 0.717) is 5.75 Å². The number of rotatable bonds is 6. The molecule has 1 aromatic carbocycles. The number of benzene rings is 1. The van der Waals surface area contributed by atoms with Crippen molar-refractivity contribution in [2.24, 2.45) is 23.7 Å². The topological polar surface area (TPSA) is 35.1 Å². The minimum atomic E-state index is -2.83. The lowest BCUT2D eigenvalue weighted by Gasteiger charge is -2.30. The average Bonchev–Trinajstić information content (AvgIpc) is 3.26. The van der Waals surface area contributed by atoms with Gasteiger partial charge in [0.15, 0.2) is 11.5 Å². The Bertz CT molecular complexity index is 595. The molecule has 4 rings (SSSR count). The van der Waals surface area contributed by atoms with Crippen LogP contribution < -0.4 is 14.8 Å². The molecule has 24 heavy (non-hydrogen) atoms. The monoisotopic (exact) mass is 338 g/mol. The van der Waals surface area contributed by atoms with Gasteiger partial charge in [-0.15, -0.1) is 0 Å². The van der Waals surface area contributed by atoms with Crippen LogP contribution in [-0.2, 0) is 6.54 Å². The summed E-state index contributed by atoms with van der Waals surface area (Å²) in [6, 6.07) is 6.00. The third-order valence-electron chi connectivity index (χ3n) is 6.58. The molecule has 3 nitrogen and oxygen atoms in total. The molecule has 0 unspecified atom stereocenters. The number of ether oxygens (including phenoxy) is 2. The molecule has 3 aliphatic carbocycles. The number of fused-ring (bicyclic) bond motifs is 5. The van der Waals surface area contributed by atoms with Crippen molar-refractivity contribution in [2.45, 2.75) is 51.3 Å². The quantitative estimate of drug-likeness (QED) is 0.865. The van der Waals surface area contributed by atoms with Crippen LogP contribution in [0, 0.1) is 23.7 Å². The lowest BCUT2D eigenvalue weighted by Crippen LogP contribution is -2.90. The first-order valence-corrected chi connectivity index (χ1v) is 9.10. The van der Waals surface area contributed by atoms with Gasteiger partial charge in [0, 0.05) is 17.9 Å². The summed E-state index contributed by atoms with van der Waals surface area (Å²) < 4.78 is 34.5. The van der Waals surface area contributed by atoms with Crippen molar-refractivity contribution in [1.29, 1.82) is 0 Å². The van der Waals surface area contributed by atoms with Gasteiger partial charge in [-0.2, -0.15) is 8.78 Å². The molecule has 0 spiro atoms. The molecular formula is C19H26F2NO2+. The summed E-state index contributed by atoms with van der Waals surface area (Å²) in [7, 11) is 1.48. The second-order valence-electron chi connectivity index (χ2n) is 7.62. The van der Waals surface area contributed by atoms with E-state index in [-0.39, 0.29) is 5.75 Å². The predicted molar refractivity (Wildman–Crippen MR) is 86.1 cm³/mol. The fourth-order valence-electron chi connectivity index (χ4n) is 5.71. The third kappa shape index (κ3) is 2.87. The van der Waals surface area contributed by atoms with E-state index in [4.69, 9.17) is 4.74 Å². The van der Waals surface area contributed by atoms with E-state index < -0.39 is 6.61 Å². The minimum absolute atomic E-state index is 0.102. The summed E-state index contributed by atoms with van der Waals surface area (Å²) >= 11 is 0. The van der Waals surface area contributed by atoms with Gasteiger partial charge < -0.3 is 14.8 Å². The van der Waals surface area contributed by atoms with E-state index in [1.807, 2.05) is 12.1 Å². The molecule has 3 saturated carbocycles. The van der Waals surface area contributed by atoms with Crippen LogP contribution in [0.2, 0.25) is 0 Å². The van der Waals surface area contributed by atoms with Crippen LogP contribution in [0.15, 0.2) is 18.2 Å². The van der Waals surface area contributed by atoms with Crippen LogP contribution >= 0.6 is 0 Å². The first-order chi connectivity index (χ1) is 11.7. The van der Waals surface area contributed by atoms with Crippen LogP contribution in [0.25, 0.3) is 0 Å². The van der Waals surface area contributed by atoms with Gasteiger partial charge in [-0.3, -0.25) is 0 Å². The number of nitrogens with two attached hydrogens (primary N) is 1. The number of halogens is 2. The number of methoxy groups -OCH3 is 1. The maximum absolute atomic E-state index is 12.4. The second-order valence-corrected chi connectivity index (χ2v) is 7.62. The lowest BCUT2D eigenvalue weighted by molar-refractivity contribution is -0.711. The molecule has 5 heteroatoms. The smallest absolute Gasteiger partial charge is 0.387 e. The Kier molecular flexibility index (Phi) is 4.37. The van der Waals surface area contributed by atoms with Gasteiger partial charge in [0.05, 0.1) is 13.2 Å². The summed E-state index contributed by atoms with van der Waals surface area (Å²) in [5, 5.41) is 2.46. The zero-order chi connectivity index (χ0) is 16.7. The molecule has 0 amide bonds. The predicted octanol–water partition coefficient (Wildman–Crippen LogP) is 3.18. The summed E-state index contributed by atoms with van der Waals surface area (Å²) in [4.78, 5) is 0. The van der Waals surface area contributed by atoms with Gasteiger partial charge in [-0.05, 0) is 55.2 Å². The Balaban J connectivity index is 1.38. The highest BCUT2D eigenvalue weighted by molar-refractivity contribution is 5.42. The summed E-state index contributed by atoms with van der Waals surface area (Å²) in [5.41, 5.74) is 1.10. The van der Waals surface area contributed by atoms with Crippen molar-refractivity contribution in [3.05, 3.63) is 23.8 Å².